The zero-order valence-electron chi connectivity index (χ0n) is 15.8. The molecule has 1 fully saturated rings. The zero-order valence-corrected chi connectivity index (χ0v) is 15.8. The molecule has 9 heteroatoms. The fourth-order valence-corrected chi connectivity index (χ4v) is 3.34. The number of carbonyl (C=O) groups excluding carboxylic acids is 1. The molecule has 150 valence electrons. The monoisotopic (exact) mass is 395 g/mol. The number of aryl methyl sites for hydroxylation is 1. The van der Waals surface area contributed by atoms with Crippen molar-refractivity contribution >= 4 is 28.3 Å². The van der Waals surface area contributed by atoms with Crippen LogP contribution in [0.25, 0.3) is 10.9 Å². The standard InChI is InChI=1S/C20H21N5O4/c26-18(22-14-5-6-17(21-13-14)24-9-11-29-12-10-24)7-8-25-16-4-2-1-3-15(16)19(27)23-20(25)28/h1-6,13H,7-12H2,(H,22,26)(H,23,27,28). The molecule has 1 amide bonds. The number of morpholine rings is 1. The Hall–Kier alpha value is -3.46. The quantitative estimate of drug-likeness (QED) is 0.666. The van der Waals surface area contributed by atoms with Gasteiger partial charge >= 0.3 is 5.69 Å². The molecule has 0 bridgehead atoms. The first kappa shape index (κ1) is 18.9. The number of rotatable bonds is 5. The average molecular weight is 395 g/mol. The van der Waals surface area contributed by atoms with Crippen LogP contribution in [0.5, 0.6) is 0 Å². The first-order valence-electron chi connectivity index (χ1n) is 9.42. The van der Waals surface area contributed by atoms with Crippen molar-refractivity contribution in [3.8, 4) is 0 Å². The van der Waals surface area contributed by atoms with Gasteiger partial charge in [-0.05, 0) is 24.3 Å². The minimum absolute atomic E-state index is 0.0845. The number of amides is 1. The molecule has 0 aliphatic carbocycles. The van der Waals surface area contributed by atoms with E-state index in [0.29, 0.717) is 29.8 Å². The second-order valence-electron chi connectivity index (χ2n) is 6.73. The maximum Gasteiger partial charge on any atom is 0.328 e. The van der Waals surface area contributed by atoms with Crippen LogP contribution in [-0.2, 0) is 16.1 Å². The number of hydrogen-bond acceptors (Lipinski definition) is 6. The van der Waals surface area contributed by atoms with Crippen molar-refractivity contribution in [1.29, 1.82) is 0 Å². The molecule has 0 radical (unpaired) electrons. The second-order valence-corrected chi connectivity index (χ2v) is 6.73. The molecule has 1 aromatic carbocycles. The Labute approximate surface area is 165 Å². The number of nitrogens with zero attached hydrogens (tertiary/aromatic N) is 3. The summed E-state index contributed by atoms with van der Waals surface area (Å²) in [6.07, 6.45) is 1.70. The molecule has 0 unspecified atom stereocenters. The van der Waals surface area contributed by atoms with Crippen LogP contribution in [0.1, 0.15) is 6.42 Å². The highest BCUT2D eigenvalue weighted by molar-refractivity contribution is 5.90. The van der Waals surface area contributed by atoms with Gasteiger partial charge in [0.05, 0.1) is 36.0 Å². The molecule has 1 aliphatic rings. The molecule has 0 saturated carbocycles. The van der Waals surface area contributed by atoms with E-state index in [1.165, 1.54) is 4.57 Å². The Morgan fingerprint density at radius 3 is 2.69 bits per heavy atom. The van der Waals surface area contributed by atoms with Gasteiger partial charge in [0.25, 0.3) is 5.56 Å². The summed E-state index contributed by atoms with van der Waals surface area (Å²) in [7, 11) is 0. The molecule has 4 rings (SSSR count). The van der Waals surface area contributed by atoms with Crippen LogP contribution in [-0.4, -0.2) is 46.7 Å². The Morgan fingerprint density at radius 1 is 1.14 bits per heavy atom. The number of nitrogens with one attached hydrogen (secondary N) is 2. The number of benzene rings is 1. The summed E-state index contributed by atoms with van der Waals surface area (Å²) < 4.78 is 6.73. The highest BCUT2D eigenvalue weighted by atomic mass is 16.5. The fraction of sp³-hybridized carbons (Fsp3) is 0.300. The van der Waals surface area contributed by atoms with Crippen molar-refractivity contribution in [3.05, 3.63) is 63.4 Å². The van der Waals surface area contributed by atoms with Crippen LogP contribution in [0.4, 0.5) is 11.5 Å². The lowest BCUT2D eigenvalue weighted by Crippen LogP contribution is -2.36. The van der Waals surface area contributed by atoms with Gasteiger partial charge in [-0.1, -0.05) is 12.1 Å². The number of H-pyrrole nitrogens is 1. The number of aromatic amines is 1. The van der Waals surface area contributed by atoms with Gasteiger partial charge in [0.15, 0.2) is 0 Å². The summed E-state index contributed by atoms with van der Waals surface area (Å²) in [5.74, 6) is 0.602. The number of pyridine rings is 1. The molecule has 2 aromatic heterocycles. The van der Waals surface area contributed by atoms with Crippen LogP contribution >= 0.6 is 0 Å². The van der Waals surface area contributed by atoms with Crippen molar-refractivity contribution in [2.75, 3.05) is 36.5 Å². The molecule has 9 nitrogen and oxygen atoms in total. The molecule has 2 N–H and O–H groups in total. The topological polar surface area (TPSA) is 109 Å². The molecule has 29 heavy (non-hydrogen) atoms. The van der Waals surface area contributed by atoms with E-state index >= 15 is 0 Å². The minimum atomic E-state index is -0.530. The number of ether oxygens (including phenoxy) is 1. The van der Waals surface area contributed by atoms with E-state index in [-0.39, 0.29) is 18.9 Å². The maximum atomic E-state index is 12.3. The summed E-state index contributed by atoms with van der Waals surface area (Å²) in [5.41, 5.74) is 0.132. The van der Waals surface area contributed by atoms with E-state index in [1.807, 2.05) is 6.07 Å². The lowest BCUT2D eigenvalue weighted by Gasteiger charge is -2.27. The van der Waals surface area contributed by atoms with Crippen LogP contribution in [0.2, 0.25) is 0 Å². The van der Waals surface area contributed by atoms with Crippen molar-refractivity contribution in [1.82, 2.24) is 14.5 Å². The lowest BCUT2D eigenvalue weighted by atomic mass is 10.2. The predicted octanol–water partition coefficient (Wildman–Crippen LogP) is 0.950. The SMILES string of the molecule is O=C(CCn1c(=O)[nH]c(=O)c2ccccc21)Nc1ccc(N2CCOCC2)nc1. The Kier molecular flexibility index (Phi) is 5.39. The van der Waals surface area contributed by atoms with Crippen molar-refractivity contribution in [3.63, 3.8) is 0 Å². The van der Waals surface area contributed by atoms with Crippen LogP contribution in [0, 0.1) is 0 Å². The maximum absolute atomic E-state index is 12.3. The smallest absolute Gasteiger partial charge is 0.328 e. The molecule has 0 spiro atoms. The highest BCUT2D eigenvalue weighted by Gasteiger charge is 2.13. The van der Waals surface area contributed by atoms with E-state index in [0.717, 1.165) is 18.9 Å². The Balaban J connectivity index is 1.41. The first-order chi connectivity index (χ1) is 14.1. The third kappa shape index (κ3) is 4.19. The van der Waals surface area contributed by atoms with Gasteiger partial charge in [-0.25, -0.2) is 9.78 Å². The first-order valence-corrected chi connectivity index (χ1v) is 9.42. The van der Waals surface area contributed by atoms with Gasteiger partial charge in [0.2, 0.25) is 5.91 Å². The van der Waals surface area contributed by atoms with E-state index in [2.05, 4.69) is 20.2 Å². The van der Waals surface area contributed by atoms with Crippen molar-refractivity contribution < 1.29 is 9.53 Å². The molecule has 1 saturated heterocycles. The van der Waals surface area contributed by atoms with Gasteiger partial charge < -0.3 is 15.0 Å². The number of fused-ring (bicyclic) bond motifs is 1. The Morgan fingerprint density at radius 2 is 1.93 bits per heavy atom. The summed E-state index contributed by atoms with van der Waals surface area (Å²) in [4.78, 5) is 45.2. The van der Waals surface area contributed by atoms with E-state index < -0.39 is 11.2 Å². The number of para-hydroxylation sites is 1. The molecule has 0 atom stereocenters. The normalized spacial score (nSPS) is 14.1. The van der Waals surface area contributed by atoms with E-state index in [1.54, 1.807) is 36.5 Å². The van der Waals surface area contributed by atoms with E-state index in [4.69, 9.17) is 4.74 Å². The highest BCUT2D eigenvalue weighted by Crippen LogP contribution is 2.16. The summed E-state index contributed by atoms with van der Waals surface area (Å²) in [5, 5.41) is 3.20. The summed E-state index contributed by atoms with van der Waals surface area (Å²) in [6, 6.07) is 10.5. The lowest BCUT2D eigenvalue weighted by molar-refractivity contribution is -0.116. The molecule has 1 aliphatic heterocycles. The van der Waals surface area contributed by atoms with Crippen LogP contribution in [0.3, 0.4) is 0 Å². The average Bonchev–Trinajstić information content (AvgIpc) is 2.75. The number of aromatic nitrogens is 3. The van der Waals surface area contributed by atoms with Crippen LogP contribution in [0.15, 0.2) is 52.2 Å². The van der Waals surface area contributed by atoms with Gasteiger partial charge in [0.1, 0.15) is 5.82 Å². The number of hydrogen-bond donors (Lipinski definition) is 2. The third-order valence-corrected chi connectivity index (χ3v) is 4.83. The third-order valence-electron chi connectivity index (χ3n) is 4.83. The molecular weight excluding hydrogens is 374 g/mol. The van der Waals surface area contributed by atoms with Crippen molar-refractivity contribution in [2.45, 2.75) is 13.0 Å². The summed E-state index contributed by atoms with van der Waals surface area (Å²) >= 11 is 0. The number of anilines is 2. The molecule has 3 heterocycles. The van der Waals surface area contributed by atoms with Crippen molar-refractivity contribution in [2.24, 2.45) is 0 Å². The van der Waals surface area contributed by atoms with Crippen LogP contribution < -0.4 is 21.5 Å². The molecular formula is C20H21N5O4. The van der Waals surface area contributed by atoms with Gasteiger partial charge in [-0.3, -0.25) is 19.1 Å². The largest absolute Gasteiger partial charge is 0.378 e. The van der Waals surface area contributed by atoms with Gasteiger partial charge in [-0.15, -0.1) is 0 Å². The summed E-state index contributed by atoms with van der Waals surface area (Å²) in [6.45, 7) is 3.10. The number of carbonyl (C=O) groups is 1. The second kappa shape index (κ2) is 8.27. The van der Waals surface area contributed by atoms with Gasteiger partial charge in [0, 0.05) is 26.1 Å². The fourth-order valence-electron chi connectivity index (χ4n) is 3.34. The predicted molar refractivity (Wildman–Crippen MR) is 109 cm³/mol. The zero-order chi connectivity index (χ0) is 20.2. The Bertz CT molecular complexity index is 1130. The van der Waals surface area contributed by atoms with Gasteiger partial charge in [-0.2, -0.15) is 0 Å². The van der Waals surface area contributed by atoms with E-state index in [9.17, 15) is 14.4 Å². The molecule has 3 aromatic rings. The minimum Gasteiger partial charge on any atom is -0.378 e.